The monoisotopic (exact) mass is 185 g/mol. The predicted octanol–water partition coefficient (Wildman–Crippen LogP) is 0.960. The molecule has 3 nitrogen and oxygen atoms in total. The number of nitrogens with one attached hydrogen (secondary N) is 1. The van der Waals surface area contributed by atoms with Gasteiger partial charge in [-0.1, -0.05) is 0 Å². The van der Waals surface area contributed by atoms with Crippen molar-refractivity contribution in [1.29, 1.82) is 0 Å². The average molecular weight is 185 g/mol. The van der Waals surface area contributed by atoms with Crippen LogP contribution >= 0.6 is 0 Å². The third-order valence-corrected chi connectivity index (χ3v) is 2.57. The first-order valence-corrected chi connectivity index (χ1v) is 5.22. The Morgan fingerprint density at radius 3 is 2.31 bits per heavy atom. The Hall–Kier alpha value is -0.120. The van der Waals surface area contributed by atoms with Gasteiger partial charge in [-0.05, 0) is 46.1 Å². The third-order valence-electron chi connectivity index (χ3n) is 2.57. The van der Waals surface area contributed by atoms with E-state index in [1.807, 2.05) is 5.01 Å². The van der Waals surface area contributed by atoms with Crippen LogP contribution in [-0.2, 0) is 0 Å². The van der Waals surface area contributed by atoms with E-state index < -0.39 is 0 Å². The van der Waals surface area contributed by atoms with Gasteiger partial charge < -0.3 is 5.32 Å². The molecule has 3 N–H and O–H groups in total. The fraction of sp³-hybridized carbons (Fsp3) is 1.00. The third kappa shape index (κ3) is 4.60. The van der Waals surface area contributed by atoms with Crippen LogP contribution in [0, 0.1) is 5.92 Å². The molecule has 0 atom stereocenters. The lowest BCUT2D eigenvalue weighted by atomic mass is 9.96. The van der Waals surface area contributed by atoms with Crippen molar-refractivity contribution in [2.24, 2.45) is 11.8 Å². The molecule has 1 aliphatic heterocycles. The van der Waals surface area contributed by atoms with Crippen molar-refractivity contribution in [2.75, 3.05) is 19.6 Å². The summed E-state index contributed by atoms with van der Waals surface area (Å²) < 4.78 is 0. The van der Waals surface area contributed by atoms with Crippen LogP contribution in [0.4, 0.5) is 0 Å². The van der Waals surface area contributed by atoms with E-state index in [4.69, 9.17) is 5.84 Å². The van der Waals surface area contributed by atoms with Gasteiger partial charge >= 0.3 is 0 Å². The first kappa shape index (κ1) is 11.0. The van der Waals surface area contributed by atoms with Gasteiger partial charge in [-0.3, -0.25) is 5.84 Å². The lowest BCUT2D eigenvalue weighted by Gasteiger charge is -2.31. The van der Waals surface area contributed by atoms with Crippen LogP contribution in [0.25, 0.3) is 0 Å². The molecule has 78 valence electrons. The van der Waals surface area contributed by atoms with Gasteiger partial charge in [0.1, 0.15) is 0 Å². The Morgan fingerprint density at radius 1 is 1.31 bits per heavy atom. The summed E-state index contributed by atoms with van der Waals surface area (Å²) in [5.74, 6) is 6.51. The molecule has 0 radical (unpaired) electrons. The highest BCUT2D eigenvalue weighted by Crippen LogP contribution is 2.14. The Morgan fingerprint density at radius 2 is 1.85 bits per heavy atom. The van der Waals surface area contributed by atoms with Crippen molar-refractivity contribution in [3.63, 3.8) is 0 Å². The van der Waals surface area contributed by atoms with E-state index in [0.29, 0.717) is 0 Å². The lowest BCUT2D eigenvalue weighted by Crippen LogP contribution is -2.44. The second kappa shape index (κ2) is 4.40. The molecule has 0 bridgehead atoms. The van der Waals surface area contributed by atoms with Crippen molar-refractivity contribution >= 4 is 0 Å². The standard InChI is InChI=1S/C10H23N3/c1-10(2,3)12-8-9-4-6-13(11)7-5-9/h9,12H,4-8,11H2,1-3H3. The molecule has 1 fully saturated rings. The van der Waals surface area contributed by atoms with E-state index in [-0.39, 0.29) is 5.54 Å². The maximum atomic E-state index is 5.69. The van der Waals surface area contributed by atoms with E-state index in [9.17, 15) is 0 Å². The molecule has 0 spiro atoms. The Kier molecular flexibility index (Phi) is 3.71. The smallest absolute Gasteiger partial charge is 0.0131 e. The van der Waals surface area contributed by atoms with Crippen LogP contribution in [0.2, 0.25) is 0 Å². The van der Waals surface area contributed by atoms with Gasteiger partial charge in [0.25, 0.3) is 0 Å². The Bertz CT molecular complexity index is 143. The lowest BCUT2D eigenvalue weighted by molar-refractivity contribution is 0.179. The van der Waals surface area contributed by atoms with Crippen molar-refractivity contribution in [3.05, 3.63) is 0 Å². The molecule has 13 heavy (non-hydrogen) atoms. The molecule has 0 aromatic carbocycles. The van der Waals surface area contributed by atoms with Crippen LogP contribution < -0.4 is 11.2 Å². The number of piperidine rings is 1. The van der Waals surface area contributed by atoms with Crippen molar-refractivity contribution in [1.82, 2.24) is 10.3 Å². The van der Waals surface area contributed by atoms with Gasteiger partial charge in [0, 0.05) is 18.6 Å². The van der Waals surface area contributed by atoms with Crippen molar-refractivity contribution < 1.29 is 0 Å². The summed E-state index contributed by atoms with van der Waals surface area (Å²) >= 11 is 0. The van der Waals surface area contributed by atoms with Crippen LogP contribution in [0.15, 0.2) is 0 Å². The summed E-state index contributed by atoms with van der Waals surface area (Å²) in [5.41, 5.74) is 0.250. The molecule has 1 rings (SSSR count). The highest BCUT2D eigenvalue weighted by molar-refractivity contribution is 4.76. The summed E-state index contributed by atoms with van der Waals surface area (Å²) in [6.45, 7) is 9.88. The van der Waals surface area contributed by atoms with Crippen molar-refractivity contribution in [3.8, 4) is 0 Å². The molecule has 0 aromatic rings. The minimum Gasteiger partial charge on any atom is -0.312 e. The molecule has 1 heterocycles. The van der Waals surface area contributed by atoms with Crippen molar-refractivity contribution in [2.45, 2.75) is 39.2 Å². The zero-order valence-electron chi connectivity index (χ0n) is 9.14. The molecule has 1 aliphatic rings. The van der Waals surface area contributed by atoms with Gasteiger partial charge in [0.15, 0.2) is 0 Å². The van der Waals surface area contributed by atoms with Gasteiger partial charge in [0.05, 0.1) is 0 Å². The molecule has 0 unspecified atom stereocenters. The second-order valence-corrected chi connectivity index (χ2v) is 5.11. The van der Waals surface area contributed by atoms with Crippen LogP contribution in [0.3, 0.4) is 0 Å². The molecule has 0 aromatic heterocycles. The number of nitrogens with two attached hydrogens (primary N) is 1. The molecular weight excluding hydrogens is 162 g/mol. The number of hydrazine groups is 1. The highest BCUT2D eigenvalue weighted by atomic mass is 15.4. The van der Waals surface area contributed by atoms with E-state index in [1.165, 1.54) is 12.8 Å². The zero-order chi connectivity index (χ0) is 9.90. The largest absolute Gasteiger partial charge is 0.312 e. The quantitative estimate of drug-likeness (QED) is 0.630. The molecule has 0 saturated carbocycles. The molecule has 3 heteroatoms. The highest BCUT2D eigenvalue weighted by Gasteiger charge is 2.18. The second-order valence-electron chi connectivity index (χ2n) is 5.11. The normalized spacial score (nSPS) is 22.2. The van der Waals surface area contributed by atoms with E-state index in [2.05, 4.69) is 26.1 Å². The molecule has 1 saturated heterocycles. The summed E-state index contributed by atoms with van der Waals surface area (Å²) in [6.07, 6.45) is 2.47. The van der Waals surface area contributed by atoms with E-state index in [0.717, 1.165) is 25.6 Å². The summed E-state index contributed by atoms with van der Waals surface area (Å²) in [7, 11) is 0. The average Bonchev–Trinajstić information content (AvgIpc) is 2.02. The fourth-order valence-corrected chi connectivity index (χ4v) is 1.61. The van der Waals surface area contributed by atoms with Gasteiger partial charge in [-0.15, -0.1) is 0 Å². The van der Waals surface area contributed by atoms with Gasteiger partial charge in [-0.25, -0.2) is 5.01 Å². The maximum absolute atomic E-state index is 5.69. The Balaban J connectivity index is 2.16. The van der Waals surface area contributed by atoms with E-state index >= 15 is 0 Å². The summed E-state index contributed by atoms with van der Waals surface area (Å²) in [4.78, 5) is 0. The first-order valence-electron chi connectivity index (χ1n) is 5.22. The number of hydrogen-bond donors (Lipinski definition) is 2. The number of hydrogen-bond acceptors (Lipinski definition) is 3. The SMILES string of the molecule is CC(C)(C)NCC1CCN(N)CC1. The minimum absolute atomic E-state index is 0.250. The predicted molar refractivity (Wildman–Crippen MR) is 56.2 cm³/mol. The Labute approximate surface area is 81.6 Å². The maximum Gasteiger partial charge on any atom is 0.0131 e. The first-order chi connectivity index (χ1) is 5.97. The summed E-state index contributed by atoms with van der Waals surface area (Å²) in [6, 6.07) is 0. The van der Waals surface area contributed by atoms with Gasteiger partial charge in [0.2, 0.25) is 0 Å². The zero-order valence-corrected chi connectivity index (χ0v) is 9.14. The van der Waals surface area contributed by atoms with Crippen LogP contribution in [0.1, 0.15) is 33.6 Å². The van der Waals surface area contributed by atoms with Gasteiger partial charge in [-0.2, -0.15) is 0 Å². The molecule has 0 aliphatic carbocycles. The summed E-state index contributed by atoms with van der Waals surface area (Å²) in [5, 5.41) is 5.47. The number of rotatable bonds is 2. The van der Waals surface area contributed by atoms with Crippen LogP contribution in [-0.4, -0.2) is 30.2 Å². The number of nitrogens with zero attached hydrogens (tertiary/aromatic N) is 1. The van der Waals surface area contributed by atoms with Crippen LogP contribution in [0.5, 0.6) is 0 Å². The minimum atomic E-state index is 0.250. The molecular formula is C10H23N3. The topological polar surface area (TPSA) is 41.3 Å². The fourth-order valence-electron chi connectivity index (χ4n) is 1.61. The molecule has 0 amide bonds. The van der Waals surface area contributed by atoms with E-state index in [1.54, 1.807) is 0 Å².